The van der Waals surface area contributed by atoms with Gasteiger partial charge in [-0.25, -0.2) is 4.98 Å². The monoisotopic (exact) mass is 824 g/mol. The number of anilines is 2. The number of nitrogens with zero attached hydrogens (tertiary/aromatic N) is 5. The van der Waals surface area contributed by atoms with Gasteiger partial charge < -0.3 is 25.0 Å². The number of nitrogens with one attached hydrogen (secondary N) is 3. The van der Waals surface area contributed by atoms with Crippen molar-refractivity contribution in [1.82, 2.24) is 25.4 Å². The second-order valence-electron chi connectivity index (χ2n) is 16.6. The molecule has 59 heavy (non-hydrogen) atoms. The molecule has 0 bridgehead atoms. The summed E-state index contributed by atoms with van der Waals surface area (Å²) in [6.45, 7) is 14.2. The largest absolute Gasteiger partial charge is 0.489 e. The van der Waals surface area contributed by atoms with E-state index in [-0.39, 0.29) is 52.9 Å². The number of imide groups is 2. The summed E-state index contributed by atoms with van der Waals surface area (Å²) in [5.74, 6) is -0.871. The molecule has 0 spiro atoms. The molecule has 5 amide bonds. The summed E-state index contributed by atoms with van der Waals surface area (Å²) in [5, 5.41) is 18.2. The van der Waals surface area contributed by atoms with Crippen molar-refractivity contribution in [2.45, 2.75) is 65.1 Å². The predicted octanol–water partition coefficient (Wildman–Crippen LogP) is 4.26. The van der Waals surface area contributed by atoms with Gasteiger partial charge in [-0.3, -0.25) is 39.1 Å². The minimum Gasteiger partial charge on any atom is -0.489 e. The summed E-state index contributed by atoms with van der Waals surface area (Å²) in [4.78, 5) is 73.4. The lowest BCUT2D eigenvalue weighted by Gasteiger charge is -2.63. The van der Waals surface area contributed by atoms with Crippen LogP contribution in [0.15, 0.2) is 54.7 Å². The first-order valence-electron chi connectivity index (χ1n) is 20.0. The highest BCUT2D eigenvalue weighted by atomic mass is 35.5. The number of benzene rings is 2. The number of hydrogen-bond donors (Lipinski definition) is 3. The topological polar surface area (TPSA) is 186 Å². The number of ether oxygens (including phenoxy) is 2. The molecule has 3 aromatic rings. The summed E-state index contributed by atoms with van der Waals surface area (Å²) in [6, 6.07) is 14.6. The number of aromatic nitrogens is 1. The molecule has 310 valence electrons. The Kier molecular flexibility index (Phi) is 12.0. The van der Waals surface area contributed by atoms with Gasteiger partial charge >= 0.3 is 0 Å². The fourth-order valence-corrected chi connectivity index (χ4v) is 9.21. The van der Waals surface area contributed by atoms with Gasteiger partial charge in [-0.2, -0.15) is 5.26 Å². The van der Waals surface area contributed by atoms with E-state index in [9.17, 15) is 29.2 Å². The highest BCUT2D eigenvalue weighted by molar-refractivity contribution is 6.31. The normalized spacial score (nSPS) is 22.3. The Morgan fingerprint density at radius 3 is 2.39 bits per heavy atom. The molecule has 1 saturated carbocycles. The van der Waals surface area contributed by atoms with E-state index in [0.29, 0.717) is 47.3 Å². The first-order valence-corrected chi connectivity index (χ1v) is 20.3. The van der Waals surface area contributed by atoms with E-state index in [1.807, 2.05) is 12.1 Å². The summed E-state index contributed by atoms with van der Waals surface area (Å²) in [5.41, 5.74) is 1.31. The van der Waals surface area contributed by atoms with Gasteiger partial charge in [0.2, 0.25) is 11.8 Å². The molecule has 2 saturated heterocycles. The lowest BCUT2D eigenvalue weighted by molar-refractivity contribution is -0.164. The standard InChI is InChI=1S/C43H49ClN8O7/c1-42(2)40(43(3,4)41(42)59-29-9-6-26(24-45)32(44)23-29)49-36(54)27-7-12-34(47-25-27)51-17-15-50(16-18-51)19-21-58-20-5-14-46-28-8-10-30-31(22-28)39(57)52(38(30)56)33-11-13-35(53)48-37(33)55/h6-10,12,22-23,25,33,40-41,46H,5,11,13-21H2,1-4H3,(H,49,54)(H,48,53,55)/t33?,40-,41-. The van der Waals surface area contributed by atoms with Crippen molar-refractivity contribution in [3.8, 4) is 11.8 Å². The predicted molar refractivity (Wildman–Crippen MR) is 219 cm³/mol. The third kappa shape index (κ3) is 8.48. The molecule has 0 radical (unpaired) electrons. The lowest BCUT2D eigenvalue weighted by atomic mass is 9.49. The van der Waals surface area contributed by atoms with Crippen LogP contribution in [0, 0.1) is 22.2 Å². The van der Waals surface area contributed by atoms with Crippen LogP contribution < -0.4 is 25.6 Å². The second-order valence-corrected chi connectivity index (χ2v) is 17.0. The molecule has 3 aliphatic heterocycles. The van der Waals surface area contributed by atoms with Crippen molar-refractivity contribution in [3.63, 3.8) is 0 Å². The van der Waals surface area contributed by atoms with Gasteiger partial charge in [0.05, 0.1) is 33.9 Å². The minimum atomic E-state index is -0.991. The van der Waals surface area contributed by atoms with Crippen molar-refractivity contribution in [2.75, 3.05) is 62.7 Å². The molecule has 1 unspecified atom stereocenters. The lowest BCUT2D eigenvalue weighted by Crippen LogP contribution is -2.74. The number of pyridine rings is 1. The maximum Gasteiger partial charge on any atom is 0.262 e. The number of hydrogen-bond acceptors (Lipinski definition) is 12. The highest BCUT2D eigenvalue weighted by Gasteiger charge is 2.64. The summed E-state index contributed by atoms with van der Waals surface area (Å²) >= 11 is 6.23. The van der Waals surface area contributed by atoms with E-state index in [1.165, 1.54) is 0 Å². The van der Waals surface area contributed by atoms with Crippen molar-refractivity contribution in [2.24, 2.45) is 10.8 Å². The Morgan fingerprint density at radius 2 is 1.71 bits per heavy atom. The number of piperidine rings is 1. The Balaban J connectivity index is 0.789. The first-order chi connectivity index (χ1) is 28.2. The molecule has 4 aliphatic rings. The Hall–Kier alpha value is -5.56. The SMILES string of the molecule is CC1(C)[C@H](NC(=O)c2ccc(N3CCN(CCOCCCNc4ccc5c(c4)C(=O)N(C4CCC(=O)NC4=O)C5=O)CC3)nc2)C(C)(C)[C@H]1Oc1ccc(C#N)c(Cl)c1. The molecular weight excluding hydrogens is 776 g/mol. The third-order valence-corrected chi connectivity index (χ3v) is 12.2. The van der Waals surface area contributed by atoms with E-state index in [0.717, 1.165) is 49.9 Å². The number of amides is 5. The quantitative estimate of drug-likeness (QED) is 0.155. The van der Waals surface area contributed by atoms with Crippen LogP contribution in [0.25, 0.3) is 0 Å². The van der Waals surface area contributed by atoms with E-state index in [4.69, 9.17) is 21.1 Å². The van der Waals surface area contributed by atoms with Gasteiger partial charge in [0.1, 0.15) is 29.8 Å². The molecule has 1 aliphatic carbocycles. The maximum atomic E-state index is 13.4. The number of rotatable bonds is 14. The van der Waals surface area contributed by atoms with E-state index >= 15 is 0 Å². The molecule has 3 N–H and O–H groups in total. The first kappa shape index (κ1) is 41.6. The van der Waals surface area contributed by atoms with Crippen LogP contribution in [0.5, 0.6) is 5.75 Å². The molecule has 4 heterocycles. The van der Waals surface area contributed by atoms with Gasteiger partial charge in [0.25, 0.3) is 17.7 Å². The average molecular weight is 825 g/mol. The zero-order valence-corrected chi connectivity index (χ0v) is 34.4. The van der Waals surface area contributed by atoms with Crippen LogP contribution >= 0.6 is 11.6 Å². The Morgan fingerprint density at radius 1 is 0.966 bits per heavy atom. The van der Waals surface area contributed by atoms with E-state index in [1.54, 1.807) is 42.6 Å². The fourth-order valence-electron chi connectivity index (χ4n) is 9.00. The number of carbonyl (C=O) groups excluding carboxylic acids is 5. The highest BCUT2D eigenvalue weighted by Crippen LogP contribution is 2.55. The van der Waals surface area contributed by atoms with Crippen LogP contribution in [-0.4, -0.2) is 115 Å². The molecule has 16 heteroatoms. The van der Waals surface area contributed by atoms with Crippen LogP contribution in [-0.2, 0) is 14.3 Å². The molecular formula is C43H49ClN8O7. The van der Waals surface area contributed by atoms with Crippen LogP contribution in [0.1, 0.15) is 83.6 Å². The molecule has 15 nitrogen and oxygen atoms in total. The van der Waals surface area contributed by atoms with Crippen LogP contribution in [0.2, 0.25) is 5.02 Å². The number of halogens is 1. The molecule has 2 aromatic carbocycles. The zero-order valence-electron chi connectivity index (χ0n) is 33.7. The summed E-state index contributed by atoms with van der Waals surface area (Å²) < 4.78 is 12.3. The van der Waals surface area contributed by atoms with Gasteiger partial charge in [-0.15, -0.1) is 0 Å². The van der Waals surface area contributed by atoms with E-state index in [2.05, 4.69) is 64.5 Å². The van der Waals surface area contributed by atoms with Crippen molar-refractivity contribution < 1.29 is 33.4 Å². The zero-order chi connectivity index (χ0) is 42.1. The van der Waals surface area contributed by atoms with Crippen molar-refractivity contribution in [1.29, 1.82) is 5.26 Å². The molecule has 1 atom stereocenters. The Bertz CT molecular complexity index is 2160. The van der Waals surface area contributed by atoms with Crippen LogP contribution in [0.3, 0.4) is 0 Å². The van der Waals surface area contributed by atoms with Gasteiger partial charge in [-0.1, -0.05) is 39.3 Å². The van der Waals surface area contributed by atoms with E-state index < -0.39 is 29.7 Å². The van der Waals surface area contributed by atoms with Crippen molar-refractivity contribution in [3.05, 3.63) is 82.0 Å². The van der Waals surface area contributed by atoms with Gasteiger partial charge in [0.15, 0.2) is 0 Å². The Labute approximate surface area is 348 Å². The van der Waals surface area contributed by atoms with Gasteiger partial charge in [0, 0.05) is 87.1 Å². The van der Waals surface area contributed by atoms with Gasteiger partial charge in [-0.05, 0) is 55.3 Å². The number of piperazine rings is 1. The summed E-state index contributed by atoms with van der Waals surface area (Å²) in [6.07, 6.45) is 2.36. The second kappa shape index (κ2) is 17.0. The average Bonchev–Trinajstić information content (AvgIpc) is 3.46. The molecule has 3 fully saturated rings. The third-order valence-electron chi connectivity index (χ3n) is 11.9. The summed E-state index contributed by atoms with van der Waals surface area (Å²) in [7, 11) is 0. The maximum absolute atomic E-state index is 13.4. The van der Waals surface area contributed by atoms with Crippen LogP contribution in [0.4, 0.5) is 11.5 Å². The number of nitriles is 1. The number of fused-ring (bicyclic) bond motifs is 1. The van der Waals surface area contributed by atoms with Crippen molar-refractivity contribution >= 4 is 52.6 Å². The smallest absolute Gasteiger partial charge is 0.262 e. The molecule has 7 rings (SSSR count). The fraction of sp³-hybridized carbons (Fsp3) is 0.465. The minimum absolute atomic E-state index is 0.0757. The number of carbonyl (C=O) groups is 5. The molecule has 1 aromatic heterocycles.